The molecule has 1 unspecified atom stereocenters. The van der Waals surface area contributed by atoms with Crippen molar-refractivity contribution in [1.29, 1.82) is 0 Å². The minimum Gasteiger partial charge on any atom is -0.497 e. The molecule has 2 heterocycles. The average Bonchev–Trinajstić information content (AvgIpc) is 3.31. The van der Waals surface area contributed by atoms with Crippen LogP contribution in [0.1, 0.15) is 26.2 Å². The van der Waals surface area contributed by atoms with E-state index in [1.54, 1.807) is 14.2 Å². The number of nitrogens with one attached hydrogen (secondary N) is 2. The number of unbranched alkanes of at least 4 members (excludes halogenated alkanes) is 1. The lowest BCUT2D eigenvalue weighted by molar-refractivity contribution is 0.136. The maximum atomic E-state index is 5.42. The second-order valence-electron chi connectivity index (χ2n) is 8.63. The molecule has 0 aliphatic carbocycles. The Balaban J connectivity index is 1.36. The summed E-state index contributed by atoms with van der Waals surface area (Å²) in [6, 6.07) is 6.42. The lowest BCUT2D eigenvalue weighted by Crippen LogP contribution is -2.46. The van der Waals surface area contributed by atoms with E-state index in [-0.39, 0.29) is 0 Å². The fourth-order valence-electron chi connectivity index (χ4n) is 4.47. The third-order valence-electron chi connectivity index (χ3n) is 6.56. The van der Waals surface area contributed by atoms with E-state index in [0.717, 1.165) is 55.6 Å². The molecule has 0 amide bonds. The molecule has 1 atom stereocenters. The predicted molar refractivity (Wildman–Crippen MR) is 132 cm³/mol. The first-order valence-electron chi connectivity index (χ1n) is 12.0. The number of methoxy groups -OCH3 is 2. The summed E-state index contributed by atoms with van der Waals surface area (Å²) < 4.78 is 10.8. The van der Waals surface area contributed by atoms with Crippen LogP contribution in [0.3, 0.4) is 0 Å². The SMILES string of the molecule is CCN1CCN(CCCCNC(=NC)NC2CCN(c3cc(OC)cc(OC)c3)C2)CC1. The Morgan fingerprint density at radius 1 is 1.00 bits per heavy atom. The van der Waals surface area contributed by atoms with Crippen molar-refractivity contribution in [3.05, 3.63) is 18.2 Å². The number of piperazine rings is 1. The highest BCUT2D eigenvalue weighted by Gasteiger charge is 2.24. The fourth-order valence-corrected chi connectivity index (χ4v) is 4.47. The van der Waals surface area contributed by atoms with E-state index in [9.17, 15) is 0 Å². The Bertz CT molecular complexity index is 698. The first-order valence-corrected chi connectivity index (χ1v) is 12.0. The highest BCUT2D eigenvalue weighted by atomic mass is 16.5. The van der Waals surface area contributed by atoms with Crippen molar-refractivity contribution in [3.63, 3.8) is 0 Å². The van der Waals surface area contributed by atoms with E-state index in [1.807, 2.05) is 13.1 Å². The van der Waals surface area contributed by atoms with Crippen LogP contribution in [-0.2, 0) is 0 Å². The van der Waals surface area contributed by atoms with Crippen LogP contribution in [0.15, 0.2) is 23.2 Å². The maximum absolute atomic E-state index is 5.42. The van der Waals surface area contributed by atoms with Gasteiger partial charge in [0.15, 0.2) is 5.96 Å². The molecular formula is C24H42N6O2. The first-order chi connectivity index (χ1) is 15.6. The molecule has 2 aliphatic rings. The second-order valence-corrected chi connectivity index (χ2v) is 8.63. The maximum Gasteiger partial charge on any atom is 0.191 e. The van der Waals surface area contributed by atoms with Crippen LogP contribution in [0, 0.1) is 0 Å². The van der Waals surface area contributed by atoms with Gasteiger partial charge in [-0.05, 0) is 32.4 Å². The zero-order valence-corrected chi connectivity index (χ0v) is 20.4. The molecule has 2 fully saturated rings. The van der Waals surface area contributed by atoms with E-state index < -0.39 is 0 Å². The number of likely N-dealkylation sites (N-methyl/N-ethyl adjacent to an activating group) is 1. The number of rotatable bonds is 10. The minimum atomic E-state index is 0.369. The van der Waals surface area contributed by atoms with Crippen LogP contribution in [0.2, 0.25) is 0 Å². The number of hydrogen-bond acceptors (Lipinski definition) is 6. The molecule has 32 heavy (non-hydrogen) atoms. The molecule has 1 aromatic rings. The quantitative estimate of drug-likeness (QED) is 0.323. The number of guanidine groups is 1. The lowest BCUT2D eigenvalue weighted by atomic mass is 10.2. The van der Waals surface area contributed by atoms with Gasteiger partial charge in [0.25, 0.3) is 0 Å². The molecule has 8 heteroatoms. The Labute approximate surface area is 193 Å². The van der Waals surface area contributed by atoms with Gasteiger partial charge in [0.2, 0.25) is 0 Å². The van der Waals surface area contributed by atoms with Crippen molar-refractivity contribution in [2.45, 2.75) is 32.2 Å². The van der Waals surface area contributed by atoms with E-state index in [0.29, 0.717) is 6.04 Å². The van der Waals surface area contributed by atoms with Crippen molar-refractivity contribution in [2.24, 2.45) is 4.99 Å². The number of hydrogen-bond donors (Lipinski definition) is 2. The highest BCUT2D eigenvalue weighted by Crippen LogP contribution is 2.30. The van der Waals surface area contributed by atoms with Crippen LogP contribution < -0.4 is 25.0 Å². The minimum absolute atomic E-state index is 0.369. The Morgan fingerprint density at radius 2 is 1.69 bits per heavy atom. The van der Waals surface area contributed by atoms with Gasteiger partial charge in [0.05, 0.1) is 14.2 Å². The Morgan fingerprint density at radius 3 is 2.31 bits per heavy atom. The van der Waals surface area contributed by atoms with Crippen LogP contribution in [-0.4, -0.2) is 102 Å². The van der Waals surface area contributed by atoms with Gasteiger partial charge in [0, 0.05) is 82.8 Å². The molecule has 0 saturated carbocycles. The van der Waals surface area contributed by atoms with Gasteiger partial charge in [0.1, 0.15) is 11.5 Å². The number of ether oxygens (including phenoxy) is 2. The first kappa shape index (κ1) is 24.5. The zero-order valence-electron chi connectivity index (χ0n) is 20.4. The zero-order chi connectivity index (χ0) is 22.8. The number of aliphatic imine (C=N–C) groups is 1. The molecule has 0 radical (unpaired) electrons. The van der Waals surface area contributed by atoms with Crippen molar-refractivity contribution < 1.29 is 9.47 Å². The van der Waals surface area contributed by atoms with E-state index >= 15 is 0 Å². The smallest absolute Gasteiger partial charge is 0.191 e. The molecule has 2 N–H and O–H groups in total. The van der Waals surface area contributed by atoms with Crippen LogP contribution in [0.5, 0.6) is 11.5 Å². The van der Waals surface area contributed by atoms with E-state index in [4.69, 9.17) is 9.47 Å². The molecule has 3 rings (SSSR count). The standard InChI is InChI=1S/C24H42N6O2/c1-5-28-12-14-29(15-13-28)10-7-6-9-26-24(25-2)27-20-8-11-30(19-20)21-16-22(31-3)18-23(17-21)32-4/h16-18,20H,5-15,19H2,1-4H3,(H2,25,26,27). The summed E-state index contributed by atoms with van der Waals surface area (Å²) >= 11 is 0. The van der Waals surface area contributed by atoms with Gasteiger partial charge in [-0.2, -0.15) is 0 Å². The number of nitrogens with zero attached hydrogens (tertiary/aromatic N) is 4. The normalized spacial score (nSPS) is 20.4. The van der Waals surface area contributed by atoms with Gasteiger partial charge in [-0.25, -0.2) is 0 Å². The summed E-state index contributed by atoms with van der Waals surface area (Å²) in [6.45, 7) is 12.4. The van der Waals surface area contributed by atoms with Crippen LogP contribution >= 0.6 is 0 Å². The average molecular weight is 447 g/mol. The molecule has 0 bridgehead atoms. The largest absolute Gasteiger partial charge is 0.497 e. The predicted octanol–water partition coefficient (Wildman–Crippen LogP) is 1.87. The van der Waals surface area contributed by atoms with E-state index in [2.05, 4.69) is 49.4 Å². The molecule has 2 aliphatic heterocycles. The molecule has 2 saturated heterocycles. The van der Waals surface area contributed by atoms with E-state index in [1.165, 1.54) is 45.7 Å². The topological polar surface area (TPSA) is 64.6 Å². The molecule has 1 aromatic carbocycles. The third kappa shape index (κ3) is 7.17. The van der Waals surface area contributed by atoms with Gasteiger partial charge in [-0.3, -0.25) is 4.99 Å². The summed E-state index contributed by atoms with van der Waals surface area (Å²) in [7, 11) is 5.23. The van der Waals surface area contributed by atoms with Crippen molar-refractivity contribution in [3.8, 4) is 11.5 Å². The van der Waals surface area contributed by atoms with Crippen molar-refractivity contribution >= 4 is 11.6 Å². The summed E-state index contributed by atoms with van der Waals surface area (Å²) in [6.07, 6.45) is 3.46. The summed E-state index contributed by atoms with van der Waals surface area (Å²) in [5.41, 5.74) is 1.13. The third-order valence-corrected chi connectivity index (χ3v) is 6.56. The number of anilines is 1. The van der Waals surface area contributed by atoms with Crippen molar-refractivity contribution in [1.82, 2.24) is 20.4 Å². The van der Waals surface area contributed by atoms with Crippen molar-refractivity contribution in [2.75, 3.05) is 85.1 Å². The number of benzene rings is 1. The Kier molecular flexibility index (Phi) is 9.74. The fraction of sp³-hybridized carbons (Fsp3) is 0.708. The van der Waals surface area contributed by atoms with Gasteiger partial charge < -0.3 is 34.8 Å². The molecule has 0 spiro atoms. The Hall–Kier alpha value is -2.19. The highest BCUT2D eigenvalue weighted by molar-refractivity contribution is 5.80. The van der Waals surface area contributed by atoms with Gasteiger partial charge >= 0.3 is 0 Å². The van der Waals surface area contributed by atoms with Gasteiger partial charge in [-0.1, -0.05) is 6.92 Å². The summed E-state index contributed by atoms with van der Waals surface area (Å²) in [5.74, 6) is 2.54. The molecule has 180 valence electrons. The summed E-state index contributed by atoms with van der Waals surface area (Å²) in [4.78, 5) is 11.9. The lowest BCUT2D eigenvalue weighted by Gasteiger charge is -2.34. The van der Waals surface area contributed by atoms with Gasteiger partial charge in [-0.15, -0.1) is 0 Å². The monoisotopic (exact) mass is 446 g/mol. The molecule has 8 nitrogen and oxygen atoms in total. The van der Waals surface area contributed by atoms with Crippen LogP contribution in [0.4, 0.5) is 5.69 Å². The second kappa shape index (κ2) is 12.7. The molecular weight excluding hydrogens is 404 g/mol. The summed E-state index contributed by atoms with van der Waals surface area (Å²) in [5, 5.41) is 7.09. The van der Waals surface area contributed by atoms with Crippen LogP contribution in [0.25, 0.3) is 0 Å². The molecule has 0 aromatic heterocycles.